The van der Waals surface area contributed by atoms with E-state index >= 15 is 0 Å². The van der Waals surface area contributed by atoms with Crippen LogP contribution in [0, 0.1) is 0 Å². The number of para-hydroxylation sites is 1. The second kappa shape index (κ2) is 5.73. The minimum Gasteiger partial charge on any atom is -0.344 e. The number of aromatic amines is 1. The Hall–Kier alpha value is -3.16. The van der Waals surface area contributed by atoms with Crippen molar-refractivity contribution in [1.29, 1.82) is 0 Å². The molecule has 3 aromatic rings. The number of rotatable bonds is 3. The van der Waals surface area contributed by atoms with Gasteiger partial charge >= 0.3 is 0 Å². The Morgan fingerprint density at radius 1 is 1.24 bits per heavy atom. The smallest absolute Gasteiger partial charge is 0.263 e. The molecule has 0 saturated carbocycles. The molecule has 1 aliphatic rings. The van der Waals surface area contributed by atoms with Gasteiger partial charge in [0.15, 0.2) is 5.65 Å². The van der Waals surface area contributed by atoms with Gasteiger partial charge < -0.3 is 10.2 Å². The maximum atomic E-state index is 12.8. The van der Waals surface area contributed by atoms with Crippen LogP contribution in [0.5, 0.6) is 0 Å². The predicted molar refractivity (Wildman–Crippen MR) is 94.5 cm³/mol. The van der Waals surface area contributed by atoms with Crippen LogP contribution >= 0.6 is 0 Å². The maximum Gasteiger partial charge on any atom is 0.263 e. The third-order valence-electron chi connectivity index (χ3n) is 4.50. The third-order valence-corrected chi connectivity index (χ3v) is 4.50. The number of anilines is 2. The number of carbonyl (C=O) groups is 1. The summed E-state index contributed by atoms with van der Waals surface area (Å²) in [6.07, 6.45) is 2.10. The summed E-state index contributed by atoms with van der Waals surface area (Å²) in [5, 5.41) is 7.53. The van der Waals surface area contributed by atoms with Gasteiger partial charge in [-0.25, -0.2) is 0 Å². The van der Waals surface area contributed by atoms with Crippen molar-refractivity contribution in [3.05, 3.63) is 46.9 Å². The molecule has 1 aromatic carbocycles. The van der Waals surface area contributed by atoms with Crippen molar-refractivity contribution in [1.82, 2.24) is 19.7 Å². The highest BCUT2D eigenvalue weighted by molar-refractivity contribution is 6.01. The van der Waals surface area contributed by atoms with Crippen LogP contribution in [0.3, 0.4) is 0 Å². The average molecular weight is 338 g/mol. The number of aromatic nitrogens is 4. The Morgan fingerprint density at radius 2 is 2.00 bits per heavy atom. The first-order valence-electron chi connectivity index (χ1n) is 8.11. The van der Waals surface area contributed by atoms with Crippen molar-refractivity contribution >= 4 is 28.6 Å². The summed E-state index contributed by atoms with van der Waals surface area (Å²) in [5.74, 6) is 0.244. The molecule has 2 N–H and O–H groups in total. The van der Waals surface area contributed by atoms with Crippen molar-refractivity contribution in [2.75, 3.05) is 10.2 Å². The normalized spacial score (nSPS) is 20.4. The van der Waals surface area contributed by atoms with Gasteiger partial charge in [-0.3, -0.25) is 19.3 Å². The molecule has 8 nitrogen and oxygen atoms in total. The monoisotopic (exact) mass is 338 g/mol. The van der Waals surface area contributed by atoms with Gasteiger partial charge in [-0.05, 0) is 25.5 Å². The van der Waals surface area contributed by atoms with E-state index < -0.39 is 6.04 Å². The molecule has 0 radical (unpaired) electrons. The lowest BCUT2D eigenvalue weighted by Gasteiger charge is -2.21. The van der Waals surface area contributed by atoms with E-state index in [1.54, 1.807) is 11.9 Å². The number of fused-ring (bicyclic) bond motifs is 1. The molecule has 3 heterocycles. The maximum absolute atomic E-state index is 12.8. The second-order valence-corrected chi connectivity index (χ2v) is 6.25. The van der Waals surface area contributed by atoms with Gasteiger partial charge in [-0.15, -0.1) is 0 Å². The molecule has 25 heavy (non-hydrogen) atoms. The van der Waals surface area contributed by atoms with E-state index in [-0.39, 0.29) is 23.5 Å². The summed E-state index contributed by atoms with van der Waals surface area (Å²) in [4.78, 5) is 33.8. The summed E-state index contributed by atoms with van der Waals surface area (Å²) in [6.45, 7) is 2.01. The van der Waals surface area contributed by atoms with E-state index in [1.165, 1.54) is 10.9 Å². The highest BCUT2D eigenvalue weighted by Gasteiger charge is 2.38. The molecule has 2 aromatic heterocycles. The van der Waals surface area contributed by atoms with Gasteiger partial charge in [0.1, 0.15) is 11.4 Å². The lowest BCUT2D eigenvalue weighted by Crippen LogP contribution is -2.36. The van der Waals surface area contributed by atoms with Gasteiger partial charge in [0, 0.05) is 18.8 Å². The van der Waals surface area contributed by atoms with E-state index in [0.29, 0.717) is 17.5 Å². The molecule has 4 rings (SSSR count). The van der Waals surface area contributed by atoms with Crippen molar-refractivity contribution in [3.8, 4) is 0 Å². The van der Waals surface area contributed by atoms with Crippen molar-refractivity contribution in [2.45, 2.75) is 25.4 Å². The van der Waals surface area contributed by atoms with Crippen LogP contribution in [-0.2, 0) is 11.8 Å². The van der Waals surface area contributed by atoms with Gasteiger partial charge in [0.25, 0.3) is 5.56 Å². The first-order valence-corrected chi connectivity index (χ1v) is 8.11. The van der Waals surface area contributed by atoms with Crippen LogP contribution < -0.4 is 15.8 Å². The molecule has 1 aliphatic heterocycles. The SMILES string of the molecule is C[C@H]1C[C@@H](Nc2nc3c(cnn3C)c(=O)[nH]2)C(=O)N1c1ccccc1. The highest BCUT2D eigenvalue weighted by atomic mass is 16.2. The van der Waals surface area contributed by atoms with Gasteiger partial charge in [0.2, 0.25) is 11.9 Å². The molecule has 8 heteroatoms. The molecule has 0 aliphatic carbocycles. The van der Waals surface area contributed by atoms with E-state index in [2.05, 4.69) is 20.4 Å². The number of hydrogen-bond donors (Lipinski definition) is 2. The molecule has 1 amide bonds. The highest BCUT2D eigenvalue weighted by Crippen LogP contribution is 2.27. The van der Waals surface area contributed by atoms with E-state index in [9.17, 15) is 9.59 Å². The largest absolute Gasteiger partial charge is 0.344 e. The number of benzene rings is 1. The van der Waals surface area contributed by atoms with E-state index in [4.69, 9.17) is 0 Å². The number of H-pyrrole nitrogens is 1. The minimum absolute atomic E-state index is 0.0357. The van der Waals surface area contributed by atoms with Crippen LogP contribution in [0.1, 0.15) is 13.3 Å². The van der Waals surface area contributed by atoms with Crippen LogP contribution in [-0.4, -0.2) is 37.7 Å². The number of aryl methyl sites for hydroxylation is 1. The average Bonchev–Trinajstić information content (AvgIpc) is 3.09. The van der Waals surface area contributed by atoms with Gasteiger partial charge in [0.05, 0.1) is 6.20 Å². The van der Waals surface area contributed by atoms with Crippen molar-refractivity contribution < 1.29 is 4.79 Å². The summed E-state index contributed by atoms with van der Waals surface area (Å²) in [6, 6.07) is 9.18. The minimum atomic E-state index is -0.441. The third kappa shape index (κ3) is 2.55. The molecular weight excluding hydrogens is 320 g/mol. The Balaban J connectivity index is 1.62. The lowest BCUT2D eigenvalue weighted by atomic mass is 10.2. The summed E-state index contributed by atoms with van der Waals surface area (Å²) < 4.78 is 1.53. The first-order chi connectivity index (χ1) is 12.0. The standard InChI is InChI=1S/C17H18N6O2/c1-10-8-13(16(25)23(10)11-6-4-3-5-7-11)19-17-20-14-12(15(24)21-17)9-18-22(14)2/h3-7,9-10,13H,8H2,1-2H3,(H2,19,20,21,24)/t10-,13+/m0/s1. The Kier molecular flexibility index (Phi) is 3.52. The number of amides is 1. The fourth-order valence-corrected chi connectivity index (χ4v) is 3.29. The van der Waals surface area contributed by atoms with Crippen LogP contribution in [0.2, 0.25) is 0 Å². The Labute approximate surface area is 143 Å². The fraction of sp³-hybridized carbons (Fsp3) is 0.294. The van der Waals surface area contributed by atoms with Crippen LogP contribution in [0.4, 0.5) is 11.6 Å². The lowest BCUT2D eigenvalue weighted by molar-refractivity contribution is -0.117. The molecule has 1 fully saturated rings. The molecule has 0 unspecified atom stereocenters. The number of carbonyl (C=O) groups excluding carboxylic acids is 1. The molecule has 0 spiro atoms. The van der Waals surface area contributed by atoms with Crippen molar-refractivity contribution in [2.24, 2.45) is 7.05 Å². The molecular formula is C17H18N6O2. The zero-order chi connectivity index (χ0) is 17.6. The van der Waals surface area contributed by atoms with Crippen LogP contribution in [0.15, 0.2) is 41.3 Å². The number of nitrogens with zero attached hydrogens (tertiary/aromatic N) is 4. The fourth-order valence-electron chi connectivity index (χ4n) is 3.29. The topological polar surface area (TPSA) is 95.9 Å². The molecule has 1 saturated heterocycles. The second-order valence-electron chi connectivity index (χ2n) is 6.25. The summed E-state index contributed by atoms with van der Waals surface area (Å²) in [5.41, 5.74) is 1.07. The number of hydrogen-bond acceptors (Lipinski definition) is 5. The zero-order valence-corrected chi connectivity index (χ0v) is 13.9. The Bertz CT molecular complexity index is 993. The van der Waals surface area contributed by atoms with Gasteiger partial charge in [-0.1, -0.05) is 18.2 Å². The summed E-state index contributed by atoms with van der Waals surface area (Å²) >= 11 is 0. The molecule has 0 bridgehead atoms. The quantitative estimate of drug-likeness (QED) is 0.749. The van der Waals surface area contributed by atoms with Gasteiger partial charge in [-0.2, -0.15) is 10.1 Å². The number of nitrogens with one attached hydrogen (secondary N) is 2. The zero-order valence-electron chi connectivity index (χ0n) is 13.9. The molecule has 128 valence electrons. The van der Waals surface area contributed by atoms with Crippen LogP contribution in [0.25, 0.3) is 11.0 Å². The Morgan fingerprint density at radius 3 is 2.76 bits per heavy atom. The predicted octanol–water partition coefficient (Wildman–Crippen LogP) is 1.26. The van der Waals surface area contributed by atoms with Crippen molar-refractivity contribution in [3.63, 3.8) is 0 Å². The molecule has 2 atom stereocenters. The first kappa shape index (κ1) is 15.4. The van der Waals surface area contributed by atoms with E-state index in [1.807, 2.05) is 37.3 Å². The van der Waals surface area contributed by atoms with E-state index in [0.717, 1.165) is 5.69 Å². The summed E-state index contributed by atoms with van der Waals surface area (Å²) in [7, 11) is 1.72.